The fourth-order valence-corrected chi connectivity index (χ4v) is 4.09. The zero-order valence-electron chi connectivity index (χ0n) is 16.0. The Morgan fingerprint density at radius 3 is 2.69 bits per heavy atom. The number of carbonyl (C=O) groups excluding carboxylic acids is 1. The Bertz CT molecular complexity index is 1040. The van der Waals surface area contributed by atoms with Gasteiger partial charge in [-0.15, -0.1) is 11.8 Å². The Morgan fingerprint density at radius 1 is 1.07 bits per heavy atom. The highest BCUT2D eigenvalue weighted by Crippen LogP contribution is 2.38. The zero-order valence-corrected chi connectivity index (χ0v) is 16.9. The minimum Gasteiger partial charge on any atom is -0.491 e. The van der Waals surface area contributed by atoms with Crippen molar-refractivity contribution in [1.82, 2.24) is 4.98 Å². The molecular formula is C23H21NO4S. The fourth-order valence-electron chi connectivity index (χ4n) is 3.13. The molecule has 0 saturated heterocycles. The van der Waals surface area contributed by atoms with Crippen LogP contribution in [0.3, 0.4) is 0 Å². The van der Waals surface area contributed by atoms with Gasteiger partial charge in [-0.25, -0.2) is 4.98 Å². The zero-order chi connectivity index (χ0) is 20.1. The molecule has 6 heteroatoms. The van der Waals surface area contributed by atoms with Crippen LogP contribution in [0.25, 0.3) is 10.9 Å². The number of rotatable bonds is 7. The van der Waals surface area contributed by atoms with E-state index >= 15 is 0 Å². The van der Waals surface area contributed by atoms with Crippen LogP contribution in [0.1, 0.15) is 12.1 Å². The van der Waals surface area contributed by atoms with Gasteiger partial charge in [0, 0.05) is 11.5 Å². The van der Waals surface area contributed by atoms with Crippen LogP contribution >= 0.6 is 11.8 Å². The number of pyridine rings is 1. The summed E-state index contributed by atoms with van der Waals surface area (Å²) in [6.45, 7) is 0.590. The molecule has 1 unspecified atom stereocenters. The number of allylic oxidation sites excluding steroid dienone is 1. The predicted molar refractivity (Wildman–Crippen MR) is 114 cm³/mol. The molecule has 29 heavy (non-hydrogen) atoms. The highest BCUT2D eigenvalue weighted by molar-refractivity contribution is 8.04. The van der Waals surface area contributed by atoms with Crippen LogP contribution in [-0.4, -0.2) is 29.4 Å². The van der Waals surface area contributed by atoms with E-state index in [0.717, 1.165) is 16.6 Å². The summed E-state index contributed by atoms with van der Waals surface area (Å²) in [6.07, 6.45) is 2.55. The van der Waals surface area contributed by atoms with E-state index in [1.54, 1.807) is 0 Å². The average molecular weight is 407 g/mol. The third kappa shape index (κ3) is 4.38. The average Bonchev–Trinajstić information content (AvgIpc) is 3.26. The molecule has 2 heterocycles. The first-order valence-corrected chi connectivity index (χ1v) is 10.2. The van der Waals surface area contributed by atoms with Crippen LogP contribution in [0.5, 0.6) is 11.5 Å². The van der Waals surface area contributed by atoms with Crippen LogP contribution < -0.4 is 9.47 Å². The van der Waals surface area contributed by atoms with E-state index < -0.39 is 4.75 Å². The van der Waals surface area contributed by atoms with Gasteiger partial charge in [0.15, 0.2) is 4.75 Å². The van der Waals surface area contributed by atoms with Crippen molar-refractivity contribution in [3.05, 3.63) is 77.8 Å². The number of carbonyl (C=O) groups is 1. The van der Waals surface area contributed by atoms with Crippen molar-refractivity contribution < 1.29 is 19.0 Å². The molecule has 1 aliphatic heterocycles. The molecule has 0 saturated carbocycles. The molecule has 0 fully saturated rings. The molecule has 0 amide bonds. The lowest BCUT2D eigenvalue weighted by Gasteiger charge is -2.24. The SMILES string of the molecule is COC(=O)C1(COc2cccc(OCc3ccc4ccccc4n3)c2)CC=CS1. The summed E-state index contributed by atoms with van der Waals surface area (Å²) >= 11 is 1.43. The largest absolute Gasteiger partial charge is 0.491 e. The summed E-state index contributed by atoms with van der Waals surface area (Å²) < 4.78 is 16.0. The summed E-state index contributed by atoms with van der Waals surface area (Å²) in [4.78, 5) is 16.8. The van der Waals surface area contributed by atoms with Gasteiger partial charge in [0.1, 0.15) is 24.7 Å². The van der Waals surface area contributed by atoms with Crippen molar-refractivity contribution in [2.24, 2.45) is 0 Å². The van der Waals surface area contributed by atoms with E-state index in [4.69, 9.17) is 14.2 Å². The second-order valence-electron chi connectivity index (χ2n) is 6.73. The van der Waals surface area contributed by atoms with Gasteiger partial charge in [0.25, 0.3) is 0 Å². The number of hydrogen-bond acceptors (Lipinski definition) is 6. The topological polar surface area (TPSA) is 57.7 Å². The quantitative estimate of drug-likeness (QED) is 0.527. The van der Waals surface area contributed by atoms with Crippen LogP contribution in [-0.2, 0) is 16.1 Å². The fraction of sp³-hybridized carbons (Fsp3) is 0.217. The third-order valence-corrected chi connectivity index (χ3v) is 5.95. The maximum Gasteiger partial charge on any atom is 0.326 e. The van der Waals surface area contributed by atoms with Crippen molar-refractivity contribution in [2.75, 3.05) is 13.7 Å². The number of benzene rings is 2. The smallest absolute Gasteiger partial charge is 0.326 e. The molecule has 1 aliphatic rings. The Balaban J connectivity index is 1.39. The number of fused-ring (bicyclic) bond motifs is 1. The highest BCUT2D eigenvalue weighted by atomic mass is 32.2. The monoisotopic (exact) mass is 407 g/mol. The Hall–Kier alpha value is -2.99. The summed E-state index contributed by atoms with van der Waals surface area (Å²) in [5.74, 6) is 1.05. The lowest BCUT2D eigenvalue weighted by atomic mass is 10.1. The van der Waals surface area contributed by atoms with Gasteiger partial charge in [-0.05, 0) is 36.1 Å². The minimum atomic E-state index is -0.722. The van der Waals surface area contributed by atoms with E-state index in [0.29, 0.717) is 24.5 Å². The van der Waals surface area contributed by atoms with E-state index in [9.17, 15) is 4.79 Å². The molecule has 0 N–H and O–H groups in total. The maximum atomic E-state index is 12.2. The molecule has 148 valence electrons. The molecule has 0 spiro atoms. The van der Waals surface area contributed by atoms with E-state index in [1.807, 2.05) is 72.1 Å². The number of esters is 1. The van der Waals surface area contributed by atoms with Crippen molar-refractivity contribution in [3.8, 4) is 11.5 Å². The first-order valence-electron chi connectivity index (χ1n) is 9.30. The number of thioether (sulfide) groups is 1. The summed E-state index contributed by atoms with van der Waals surface area (Å²) in [5, 5.41) is 3.02. The second-order valence-corrected chi connectivity index (χ2v) is 8.02. The van der Waals surface area contributed by atoms with E-state index in [-0.39, 0.29) is 12.6 Å². The second kappa shape index (κ2) is 8.57. The van der Waals surface area contributed by atoms with Crippen LogP contribution in [0.15, 0.2) is 72.1 Å². The summed E-state index contributed by atoms with van der Waals surface area (Å²) in [5.41, 5.74) is 1.80. The van der Waals surface area contributed by atoms with Gasteiger partial charge in [-0.1, -0.05) is 36.4 Å². The maximum absolute atomic E-state index is 12.2. The molecule has 3 aromatic rings. The van der Waals surface area contributed by atoms with Crippen LogP contribution in [0.4, 0.5) is 0 Å². The number of nitrogens with zero attached hydrogens (tertiary/aromatic N) is 1. The van der Waals surface area contributed by atoms with Crippen molar-refractivity contribution >= 4 is 28.6 Å². The number of aromatic nitrogens is 1. The van der Waals surface area contributed by atoms with Gasteiger partial charge in [0.2, 0.25) is 0 Å². The highest BCUT2D eigenvalue weighted by Gasteiger charge is 2.42. The molecule has 1 atom stereocenters. The summed E-state index contributed by atoms with van der Waals surface area (Å²) in [6, 6.07) is 19.4. The van der Waals surface area contributed by atoms with Crippen molar-refractivity contribution in [2.45, 2.75) is 17.8 Å². The Labute approximate surface area is 173 Å². The minimum absolute atomic E-state index is 0.229. The first kappa shape index (κ1) is 19.3. The number of hydrogen-bond donors (Lipinski definition) is 0. The van der Waals surface area contributed by atoms with Crippen molar-refractivity contribution in [3.63, 3.8) is 0 Å². The van der Waals surface area contributed by atoms with Gasteiger partial charge in [-0.3, -0.25) is 4.79 Å². The lowest BCUT2D eigenvalue weighted by molar-refractivity contribution is -0.144. The molecule has 0 bridgehead atoms. The molecular weight excluding hydrogens is 386 g/mol. The molecule has 4 rings (SSSR count). The first-order chi connectivity index (χ1) is 14.2. The van der Waals surface area contributed by atoms with Crippen LogP contribution in [0, 0.1) is 0 Å². The van der Waals surface area contributed by atoms with Gasteiger partial charge in [-0.2, -0.15) is 0 Å². The standard InChI is InChI=1S/C23H21NO4S/c1-26-22(25)23(12-5-13-29-23)16-28-20-8-4-7-19(14-20)27-15-18-11-10-17-6-2-3-9-21(17)24-18/h2-11,13-14H,12,15-16H2,1H3. The molecule has 0 aliphatic carbocycles. The predicted octanol–water partition coefficient (Wildman–Crippen LogP) is 4.76. The normalized spacial score (nSPS) is 18.0. The van der Waals surface area contributed by atoms with Gasteiger partial charge < -0.3 is 14.2 Å². The summed E-state index contributed by atoms with van der Waals surface area (Å²) in [7, 11) is 1.40. The van der Waals surface area contributed by atoms with Crippen molar-refractivity contribution in [1.29, 1.82) is 0 Å². The Kier molecular flexibility index (Phi) is 5.71. The lowest BCUT2D eigenvalue weighted by Crippen LogP contribution is -2.40. The Morgan fingerprint density at radius 2 is 1.90 bits per heavy atom. The number of para-hydroxylation sites is 1. The van der Waals surface area contributed by atoms with E-state index in [1.165, 1.54) is 18.9 Å². The van der Waals surface area contributed by atoms with Crippen LogP contribution in [0.2, 0.25) is 0 Å². The van der Waals surface area contributed by atoms with E-state index in [2.05, 4.69) is 4.98 Å². The molecule has 0 radical (unpaired) electrons. The molecule has 1 aromatic heterocycles. The molecule has 5 nitrogen and oxygen atoms in total. The molecule has 2 aromatic carbocycles. The number of methoxy groups -OCH3 is 1. The van der Waals surface area contributed by atoms with Gasteiger partial charge >= 0.3 is 5.97 Å². The third-order valence-electron chi connectivity index (χ3n) is 4.72. The number of ether oxygens (including phenoxy) is 3. The van der Waals surface area contributed by atoms with Gasteiger partial charge in [0.05, 0.1) is 18.3 Å².